The Balaban J connectivity index is 2.10. The van der Waals surface area contributed by atoms with Crippen molar-refractivity contribution in [3.63, 3.8) is 0 Å². The molecular weight excluding hydrogens is 274 g/mol. The number of aromatic carboxylic acids is 1. The first-order chi connectivity index (χ1) is 10.8. The number of aromatic nitrogens is 1. The number of hydrogen-bond acceptors (Lipinski definition) is 1. The Morgan fingerprint density at radius 2 is 1.59 bits per heavy atom. The molecule has 2 aromatic carbocycles. The number of para-hydroxylation sites is 1. The molecule has 3 heteroatoms. The molecule has 1 aromatic heterocycles. The van der Waals surface area contributed by atoms with Crippen molar-refractivity contribution in [3.05, 3.63) is 89.7 Å². The van der Waals surface area contributed by atoms with Crippen LogP contribution in [0.2, 0.25) is 0 Å². The highest BCUT2D eigenvalue weighted by molar-refractivity contribution is 5.94. The predicted molar refractivity (Wildman–Crippen MR) is 88.1 cm³/mol. The van der Waals surface area contributed by atoms with E-state index in [1.54, 1.807) is 12.1 Å². The Bertz CT molecular complexity index is 803. The van der Waals surface area contributed by atoms with Crippen LogP contribution in [0.1, 0.15) is 21.5 Å². The minimum absolute atomic E-state index is 0.284. The van der Waals surface area contributed by atoms with E-state index in [4.69, 9.17) is 0 Å². The van der Waals surface area contributed by atoms with Crippen molar-refractivity contribution in [2.45, 2.75) is 0 Å². The molecule has 0 spiro atoms. The van der Waals surface area contributed by atoms with E-state index >= 15 is 0 Å². The maximum atomic E-state index is 11.5. The van der Waals surface area contributed by atoms with Crippen LogP contribution in [0.5, 0.6) is 0 Å². The maximum absolute atomic E-state index is 11.5. The first-order valence-corrected chi connectivity index (χ1v) is 6.98. The Morgan fingerprint density at radius 1 is 0.864 bits per heavy atom. The van der Waals surface area contributed by atoms with Crippen molar-refractivity contribution in [1.29, 1.82) is 0 Å². The van der Waals surface area contributed by atoms with E-state index in [-0.39, 0.29) is 5.56 Å². The Kier molecular flexibility index (Phi) is 3.88. The second kappa shape index (κ2) is 6.14. The molecule has 108 valence electrons. The molecule has 0 aliphatic rings. The average molecular weight is 289 g/mol. The monoisotopic (exact) mass is 289 g/mol. The van der Waals surface area contributed by atoms with Gasteiger partial charge in [-0.2, -0.15) is 0 Å². The molecule has 1 heterocycles. The van der Waals surface area contributed by atoms with E-state index in [1.807, 2.05) is 77.6 Å². The summed E-state index contributed by atoms with van der Waals surface area (Å²) in [5.41, 5.74) is 2.89. The van der Waals surface area contributed by atoms with Gasteiger partial charge < -0.3 is 9.67 Å². The van der Waals surface area contributed by atoms with Gasteiger partial charge in [-0.3, -0.25) is 0 Å². The van der Waals surface area contributed by atoms with Gasteiger partial charge >= 0.3 is 5.97 Å². The van der Waals surface area contributed by atoms with Crippen LogP contribution in [0.4, 0.5) is 0 Å². The van der Waals surface area contributed by atoms with E-state index in [1.165, 1.54) is 0 Å². The third-order valence-corrected chi connectivity index (χ3v) is 3.42. The van der Waals surface area contributed by atoms with Crippen LogP contribution < -0.4 is 0 Å². The first-order valence-electron chi connectivity index (χ1n) is 6.98. The Morgan fingerprint density at radius 3 is 2.27 bits per heavy atom. The fourth-order valence-corrected chi connectivity index (χ4v) is 2.39. The zero-order valence-corrected chi connectivity index (χ0v) is 11.9. The van der Waals surface area contributed by atoms with Gasteiger partial charge in [0, 0.05) is 12.4 Å². The number of carbonyl (C=O) groups is 1. The molecule has 0 fully saturated rings. The van der Waals surface area contributed by atoms with Crippen molar-refractivity contribution in [1.82, 2.24) is 4.57 Å². The first kappa shape index (κ1) is 13.9. The predicted octanol–water partition coefficient (Wildman–Crippen LogP) is 4.35. The zero-order chi connectivity index (χ0) is 15.4. The molecule has 0 aliphatic carbocycles. The third kappa shape index (κ3) is 2.83. The van der Waals surface area contributed by atoms with Crippen molar-refractivity contribution in [3.8, 4) is 5.69 Å². The minimum Gasteiger partial charge on any atom is -0.478 e. The smallest absolute Gasteiger partial charge is 0.337 e. The molecule has 0 atom stereocenters. The summed E-state index contributed by atoms with van der Waals surface area (Å²) in [5.74, 6) is -0.932. The SMILES string of the molecule is O=C(O)c1cccc(/C=C/c2ccccc2)c1-n1cccc1. The van der Waals surface area contributed by atoms with E-state index in [2.05, 4.69) is 0 Å². The van der Waals surface area contributed by atoms with Gasteiger partial charge in [-0.15, -0.1) is 0 Å². The highest BCUT2D eigenvalue weighted by atomic mass is 16.4. The van der Waals surface area contributed by atoms with Gasteiger partial charge in [-0.05, 0) is 29.3 Å². The molecule has 3 nitrogen and oxygen atoms in total. The molecular formula is C19H15NO2. The van der Waals surface area contributed by atoms with Crippen LogP contribution in [0.15, 0.2) is 73.1 Å². The maximum Gasteiger partial charge on any atom is 0.337 e. The Hall–Kier alpha value is -3.07. The molecule has 0 aliphatic heterocycles. The van der Waals surface area contributed by atoms with Gasteiger partial charge in [0.15, 0.2) is 0 Å². The summed E-state index contributed by atoms with van der Waals surface area (Å²) in [6.45, 7) is 0. The van der Waals surface area contributed by atoms with E-state index in [0.29, 0.717) is 5.69 Å². The quantitative estimate of drug-likeness (QED) is 0.726. The summed E-state index contributed by atoms with van der Waals surface area (Å²) in [7, 11) is 0. The molecule has 0 saturated heterocycles. The van der Waals surface area contributed by atoms with Crippen molar-refractivity contribution < 1.29 is 9.90 Å². The summed E-state index contributed by atoms with van der Waals surface area (Å²) >= 11 is 0. The van der Waals surface area contributed by atoms with Crippen LogP contribution in [0.3, 0.4) is 0 Å². The molecule has 0 bridgehead atoms. The highest BCUT2D eigenvalue weighted by Gasteiger charge is 2.13. The van der Waals surface area contributed by atoms with Crippen LogP contribution in [-0.4, -0.2) is 15.6 Å². The summed E-state index contributed by atoms with van der Waals surface area (Å²) in [6.07, 6.45) is 7.62. The summed E-state index contributed by atoms with van der Waals surface area (Å²) < 4.78 is 1.83. The second-order valence-electron chi connectivity index (χ2n) is 4.88. The van der Waals surface area contributed by atoms with Gasteiger partial charge in [0.25, 0.3) is 0 Å². The average Bonchev–Trinajstić information content (AvgIpc) is 3.07. The minimum atomic E-state index is -0.932. The standard InChI is InChI=1S/C19H15NO2/c21-19(22)17-10-6-9-16(18(17)20-13-4-5-14-20)12-11-15-7-2-1-3-8-15/h1-14H,(H,21,22)/b12-11+. The van der Waals surface area contributed by atoms with E-state index in [9.17, 15) is 9.90 Å². The van der Waals surface area contributed by atoms with E-state index < -0.39 is 5.97 Å². The Labute approximate surface area is 128 Å². The van der Waals surface area contributed by atoms with E-state index in [0.717, 1.165) is 11.1 Å². The number of rotatable bonds is 4. The molecule has 1 N–H and O–H groups in total. The second-order valence-corrected chi connectivity index (χ2v) is 4.88. The van der Waals surface area contributed by atoms with Crippen molar-refractivity contribution in [2.24, 2.45) is 0 Å². The topological polar surface area (TPSA) is 42.2 Å². The lowest BCUT2D eigenvalue weighted by molar-refractivity contribution is 0.0697. The number of hydrogen-bond donors (Lipinski definition) is 1. The lowest BCUT2D eigenvalue weighted by Gasteiger charge is -2.11. The van der Waals surface area contributed by atoms with Crippen molar-refractivity contribution >= 4 is 18.1 Å². The highest BCUT2D eigenvalue weighted by Crippen LogP contribution is 2.22. The molecule has 0 unspecified atom stereocenters. The lowest BCUT2D eigenvalue weighted by Crippen LogP contribution is -2.05. The molecule has 3 aromatic rings. The van der Waals surface area contributed by atoms with Crippen LogP contribution in [0.25, 0.3) is 17.8 Å². The van der Waals surface area contributed by atoms with Gasteiger partial charge in [0.05, 0.1) is 11.3 Å². The van der Waals surface area contributed by atoms with Gasteiger partial charge in [-0.25, -0.2) is 4.79 Å². The number of carboxylic acids is 1. The van der Waals surface area contributed by atoms with Crippen LogP contribution >= 0.6 is 0 Å². The zero-order valence-electron chi connectivity index (χ0n) is 11.9. The molecule has 22 heavy (non-hydrogen) atoms. The third-order valence-electron chi connectivity index (χ3n) is 3.42. The van der Waals surface area contributed by atoms with Crippen LogP contribution in [-0.2, 0) is 0 Å². The number of benzene rings is 2. The summed E-state index contributed by atoms with van der Waals surface area (Å²) in [4.78, 5) is 11.5. The van der Waals surface area contributed by atoms with Gasteiger partial charge in [0.2, 0.25) is 0 Å². The van der Waals surface area contributed by atoms with Crippen molar-refractivity contribution in [2.75, 3.05) is 0 Å². The lowest BCUT2D eigenvalue weighted by atomic mass is 10.0. The molecule has 0 saturated carbocycles. The normalized spacial score (nSPS) is 10.9. The molecule has 0 amide bonds. The summed E-state index contributed by atoms with van der Waals surface area (Å²) in [5, 5.41) is 9.44. The van der Waals surface area contributed by atoms with Gasteiger partial charge in [-0.1, -0.05) is 54.6 Å². The molecule has 3 rings (SSSR count). The largest absolute Gasteiger partial charge is 0.478 e. The molecule has 0 radical (unpaired) electrons. The fourth-order valence-electron chi connectivity index (χ4n) is 2.39. The van der Waals surface area contributed by atoms with Gasteiger partial charge in [0.1, 0.15) is 0 Å². The summed E-state index contributed by atoms with van der Waals surface area (Å²) in [6, 6.07) is 19.0. The van der Waals surface area contributed by atoms with Crippen LogP contribution in [0, 0.1) is 0 Å². The fraction of sp³-hybridized carbons (Fsp3) is 0. The number of carboxylic acid groups (broad SMARTS) is 1. The number of nitrogens with zero attached hydrogens (tertiary/aromatic N) is 1.